The Labute approximate surface area is 130 Å². The van der Waals surface area contributed by atoms with Crippen molar-refractivity contribution in [1.29, 1.82) is 0 Å². The first-order valence-electron chi connectivity index (χ1n) is 7.29. The van der Waals surface area contributed by atoms with E-state index in [9.17, 15) is 9.90 Å². The summed E-state index contributed by atoms with van der Waals surface area (Å²) in [6.45, 7) is 0.846. The number of fused-ring (bicyclic) bond motifs is 3. The summed E-state index contributed by atoms with van der Waals surface area (Å²) in [5, 5.41) is 10.4. The number of nitrogens with one attached hydrogen (secondary N) is 1. The molecule has 1 atom stereocenters. The lowest BCUT2D eigenvalue weighted by Gasteiger charge is -2.32. The molecule has 4 nitrogen and oxygen atoms in total. The van der Waals surface area contributed by atoms with Crippen molar-refractivity contribution >= 4 is 32.8 Å². The molecular formula is C16H16BrNO3. The third-order valence-corrected chi connectivity index (χ3v) is 5.50. The standard InChI is InChI=1S/C16H16BrNO3/c17-11-3-2-9(15(19)20)14-13(11)10-8-16(5-1-7-21-16)6-4-12(10)18-14/h2-3,18H,1,4-8H2,(H,19,20). The normalized spacial score (nSPS) is 24.6. The first-order valence-corrected chi connectivity index (χ1v) is 8.08. The molecule has 1 aliphatic heterocycles. The van der Waals surface area contributed by atoms with E-state index in [1.165, 1.54) is 11.3 Å². The van der Waals surface area contributed by atoms with Crippen LogP contribution in [-0.4, -0.2) is 28.3 Å². The van der Waals surface area contributed by atoms with Crippen LogP contribution in [0.3, 0.4) is 0 Å². The second-order valence-electron chi connectivity index (χ2n) is 6.04. The maximum atomic E-state index is 11.4. The molecule has 5 heteroatoms. The van der Waals surface area contributed by atoms with Crippen molar-refractivity contribution in [2.24, 2.45) is 0 Å². The van der Waals surface area contributed by atoms with Crippen LogP contribution in [0.15, 0.2) is 16.6 Å². The van der Waals surface area contributed by atoms with Crippen LogP contribution in [0, 0.1) is 0 Å². The van der Waals surface area contributed by atoms with Crippen molar-refractivity contribution in [2.45, 2.75) is 37.7 Å². The minimum Gasteiger partial charge on any atom is -0.478 e. The van der Waals surface area contributed by atoms with Crippen molar-refractivity contribution in [3.63, 3.8) is 0 Å². The average Bonchev–Trinajstić information content (AvgIpc) is 3.04. The number of hydrogen-bond donors (Lipinski definition) is 2. The maximum absolute atomic E-state index is 11.4. The number of aromatic carboxylic acids is 1. The number of aromatic nitrogens is 1. The molecule has 2 heterocycles. The highest BCUT2D eigenvalue weighted by atomic mass is 79.9. The summed E-state index contributed by atoms with van der Waals surface area (Å²) in [7, 11) is 0. The molecule has 2 N–H and O–H groups in total. The molecule has 1 aromatic heterocycles. The molecule has 0 saturated carbocycles. The monoisotopic (exact) mass is 349 g/mol. The van der Waals surface area contributed by atoms with Crippen molar-refractivity contribution < 1.29 is 14.6 Å². The van der Waals surface area contributed by atoms with Crippen LogP contribution in [-0.2, 0) is 17.6 Å². The molecular weight excluding hydrogens is 334 g/mol. The van der Waals surface area contributed by atoms with Crippen LogP contribution in [0.4, 0.5) is 0 Å². The Kier molecular flexibility index (Phi) is 2.91. The smallest absolute Gasteiger partial charge is 0.337 e. The van der Waals surface area contributed by atoms with Gasteiger partial charge in [-0.15, -0.1) is 0 Å². The first kappa shape index (κ1) is 13.3. The molecule has 0 bridgehead atoms. The van der Waals surface area contributed by atoms with Crippen LogP contribution >= 0.6 is 15.9 Å². The SMILES string of the molecule is O=C(O)c1ccc(Br)c2c3c([nH]c12)CCC1(CCCO1)C3. The Morgan fingerprint density at radius 3 is 2.95 bits per heavy atom. The Morgan fingerprint density at radius 1 is 1.38 bits per heavy atom. The Hall–Kier alpha value is -1.33. The average molecular weight is 350 g/mol. The largest absolute Gasteiger partial charge is 0.478 e. The van der Waals surface area contributed by atoms with Gasteiger partial charge in [0.2, 0.25) is 0 Å². The molecule has 1 aromatic carbocycles. The fraction of sp³-hybridized carbons (Fsp3) is 0.438. The lowest BCUT2D eigenvalue weighted by atomic mass is 9.81. The Balaban J connectivity index is 1.92. The lowest BCUT2D eigenvalue weighted by molar-refractivity contribution is -0.00647. The second-order valence-corrected chi connectivity index (χ2v) is 6.90. The van der Waals surface area contributed by atoms with Gasteiger partial charge >= 0.3 is 5.97 Å². The summed E-state index contributed by atoms with van der Waals surface area (Å²) < 4.78 is 6.98. The topological polar surface area (TPSA) is 62.3 Å². The van der Waals surface area contributed by atoms with E-state index >= 15 is 0 Å². The third-order valence-electron chi connectivity index (χ3n) is 4.84. The summed E-state index contributed by atoms with van der Waals surface area (Å²) in [4.78, 5) is 14.8. The molecule has 21 heavy (non-hydrogen) atoms. The van der Waals surface area contributed by atoms with Crippen LogP contribution in [0.25, 0.3) is 10.9 Å². The molecule has 0 radical (unpaired) electrons. The highest BCUT2D eigenvalue weighted by molar-refractivity contribution is 9.10. The minimum atomic E-state index is -0.891. The quantitative estimate of drug-likeness (QED) is 0.825. The fourth-order valence-corrected chi connectivity index (χ4v) is 4.39. The van der Waals surface area contributed by atoms with Gasteiger partial charge in [0.15, 0.2) is 0 Å². The number of ether oxygens (including phenoxy) is 1. The lowest BCUT2D eigenvalue weighted by Crippen LogP contribution is -2.34. The zero-order valence-electron chi connectivity index (χ0n) is 11.5. The summed E-state index contributed by atoms with van der Waals surface area (Å²) in [6, 6.07) is 3.48. The van der Waals surface area contributed by atoms with E-state index < -0.39 is 5.97 Å². The van der Waals surface area contributed by atoms with E-state index in [1.807, 2.05) is 6.07 Å². The van der Waals surface area contributed by atoms with Gasteiger partial charge < -0.3 is 14.8 Å². The van der Waals surface area contributed by atoms with Gasteiger partial charge in [-0.05, 0) is 43.4 Å². The molecule has 0 amide bonds. The summed E-state index contributed by atoms with van der Waals surface area (Å²) >= 11 is 3.58. The molecule has 1 spiro atoms. The number of aryl methyl sites for hydroxylation is 1. The van der Waals surface area contributed by atoms with Gasteiger partial charge in [-0.2, -0.15) is 0 Å². The van der Waals surface area contributed by atoms with Gasteiger partial charge in [0, 0.05) is 28.6 Å². The number of aromatic amines is 1. The summed E-state index contributed by atoms with van der Waals surface area (Å²) in [6.07, 6.45) is 5.06. The number of H-pyrrole nitrogens is 1. The summed E-state index contributed by atoms with van der Waals surface area (Å²) in [5.74, 6) is -0.891. The van der Waals surface area contributed by atoms with Crippen LogP contribution in [0.1, 0.15) is 40.9 Å². The van der Waals surface area contributed by atoms with Gasteiger partial charge in [-0.3, -0.25) is 0 Å². The molecule has 1 unspecified atom stereocenters. The molecule has 1 aliphatic carbocycles. The van der Waals surface area contributed by atoms with Gasteiger partial charge in [-0.25, -0.2) is 4.79 Å². The van der Waals surface area contributed by atoms with E-state index in [2.05, 4.69) is 20.9 Å². The molecule has 4 rings (SSSR count). The van der Waals surface area contributed by atoms with Crippen LogP contribution in [0.2, 0.25) is 0 Å². The van der Waals surface area contributed by atoms with Gasteiger partial charge in [0.1, 0.15) is 0 Å². The van der Waals surface area contributed by atoms with Crippen molar-refractivity contribution in [3.05, 3.63) is 33.4 Å². The minimum absolute atomic E-state index is 0.0270. The van der Waals surface area contributed by atoms with Crippen molar-refractivity contribution in [3.8, 4) is 0 Å². The highest BCUT2D eigenvalue weighted by Crippen LogP contribution is 2.43. The van der Waals surface area contributed by atoms with Gasteiger partial charge in [0.05, 0.1) is 16.7 Å². The number of carboxylic acid groups (broad SMARTS) is 1. The number of benzene rings is 1. The second kappa shape index (κ2) is 4.58. The number of halogens is 1. The molecule has 1 fully saturated rings. The van der Waals surface area contributed by atoms with E-state index in [0.717, 1.165) is 54.1 Å². The Morgan fingerprint density at radius 2 is 2.24 bits per heavy atom. The van der Waals surface area contributed by atoms with E-state index in [4.69, 9.17) is 4.74 Å². The van der Waals surface area contributed by atoms with Crippen LogP contribution in [0.5, 0.6) is 0 Å². The van der Waals surface area contributed by atoms with E-state index in [0.29, 0.717) is 5.56 Å². The Bertz CT molecular complexity index is 744. The number of rotatable bonds is 1. The van der Waals surface area contributed by atoms with Gasteiger partial charge in [0.25, 0.3) is 0 Å². The first-order chi connectivity index (χ1) is 10.1. The van der Waals surface area contributed by atoms with Crippen molar-refractivity contribution in [2.75, 3.05) is 6.61 Å². The van der Waals surface area contributed by atoms with E-state index in [1.54, 1.807) is 6.07 Å². The molecule has 2 aliphatic rings. The third kappa shape index (κ3) is 1.94. The molecule has 2 aromatic rings. The zero-order chi connectivity index (χ0) is 14.6. The van der Waals surface area contributed by atoms with Gasteiger partial charge in [-0.1, -0.05) is 15.9 Å². The maximum Gasteiger partial charge on any atom is 0.337 e. The predicted molar refractivity (Wildman–Crippen MR) is 82.9 cm³/mol. The molecule has 110 valence electrons. The number of carbonyl (C=O) groups is 1. The zero-order valence-corrected chi connectivity index (χ0v) is 13.1. The highest BCUT2D eigenvalue weighted by Gasteiger charge is 2.40. The molecule has 1 saturated heterocycles. The number of carboxylic acids is 1. The van der Waals surface area contributed by atoms with Crippen molar-refractivity contribution in [1.82, 2.24) is 4.98 Å². The summed E-state index contributed by atoms with van der Waals surface area (Å²) in [5.41, 5.74) is 3.44. The number of hydrogen-bond acceptors (Lipinski definition) is 2. The van der Waals surface area contributed by atoms with E-state index in [-0.39, 0.29) is 5.60 Å². The fourth-order valence-electron chi connectivity index (χ4n) is 3.82. The predicted octanol–water partition coefficient (Wildman–Crippen LogP) is 3.67. The van der Waals surface area contributed by atoms with Crippen LogP contribution < -0.4 is 0 Å².